The van der Waals surface area contributed by atoms with Crippen LogP contribution in [0.2, 0.25) is 0 Å². The van der Waals surface area contributed by atoms with Gasteiger partial charge in [-0.15, -0.1) is 0 Å². The van der Waals surface area contributed by atoms with Crippen LogP contribution in [0.5, 0.6) is 11.5 Å². The number of carbonyl (C=O) groups is 1. The Bertz CT molecular complexity index is 703. The Balaban J connectivity index is 1.97. The van der Waals surface area contributed by atoms with E-state index in [9.17, 15) is 4.79 Å². The summed E-state index contributed by atoms with van der Waals surface area (Å²) in [6.07, 6.45) is 0. The molecule has 2 N–H and O–H groups in total. The highest BCUT2D eigenvalue weighted by Gasteiger charge is 2.05. The van der Waals surface area contributed by atoms with Crippen molar-refractivity contribution >= 4 is 11.7 Å². The second-order valence-corrected chi connectivity index (χ2v) is 5.46. The van der Waals surface area contributed by atoms with Crippen LogP contribution in [0.3, 0.4) is 0 Å². The fourth-order valence-electron chi connectivity index (χ4n) is 1.85. The fraction of sp³-hybridized carbons (Fsp3) is 0.222. The van der Waals surface area contributed by atoms with Crippen molar-refractivity contribution in [2.45, 2.75) is 13.8 Å². The largest absolute Gasteiger partial charge is 0.456 e. The highest BCUT2D eigenvalue weighted by Crippen LogP contribution is 2.25. The lowest BCUT2D eigenvalue weighted by Gasteiger charge is -2.10. The number of para-hydroxylation sites is 1. The van der Waals surface area contributed by atoms with E-state index in [0.717, 1.165) is 0 Å². The van der Waals surface area contributed by atoms with E-state index in [2.05, 4.69) is 16.7 Å². The van der Waals surface area contributed by atoms with E-state index in [4.69, 9.17) is 10.00 Å². The van der Waals surface area contributed by atoms with Gasteiger partial charge in [0.2, 0.25) is 0 Å². The van der Waals surface area contributed by atoms with Crippen molar-refractivity contribution in [3.05, 3.63) is 54.1 Å². The van der Waals surface area contributed by atoms with Gasteiger partial charge in [0, 0.05) is 12.2 Å². The first kappa shape index (κ1) is 16.4. The van der Waals surface area contributed by atoms with Crippen LogP contribution >= 0.6 is 0 Å². The minimum atomic E-state index is -0.234. The van der Waals surface area contributed by atoms with E-state index in [-0.39, 0.29) is 6.03 Å². The van der Waals surface area contributed by atoms with Crippen molar-refractivity contribution in [3.8, 4) is 17.6 Å². The van der Waals surface area contributed by atoms with Crippen molar-refractivity contribution in [2.24, 2.45) is 5.92 Å². The van der Waals surface area contributed by atoms with Crippen LogP contribution in [-0.4, -0.2) is 12.6 Å². The van der Waals surface area contributed by atoms with Gasteiger partial charge >= 0.3 is 6.03 Å². The lowest BCUT2D eigenvalue weighted by atomic mass is 10.2. The van der Waals surface area contributed by atoms with E-state index in [1.807, 2.05) is 19.9 Å². The fourth-order valence-corrected chi connectivity index (χ4v) is 1.85. The first-order valence-electron chi connectivity index (χ1n) is 7.40. The second kappa shape index (κ2) is 7.85. The molecule has 23 heavy (non-hydrogen) atoms. The Morgan fingerprint density at radius 2 is 1.87 bits per heavy atom. The molecule has 5 nitrogen and oxygen atoms in total. The number of urea groups is 1. The molecule has 0 radical (unpaired) electrons. The molecular formula is C18H19N3O2. The average molecular weight is 309 g/mol. The molecule has 0 atom stereocenters. The lowest BCUT2D eigenvalue weighted by Crippen LogP contribution is -2.31. The summed E-state index contributed by atoms with van der Waals surface area (Å²) in [7, 11) is 0. The van der Waals surface area contributed by atoms with Crippen LogP contribution in [0.25, 0.3) is 0 Å². The maximum atomic E-state index is 11.7. The molecule has 0 bridgehead atoms. The first-order chi connectivity index (χ1) is 11.1. The maximum Gasteiger partial charge on any atom is 0.319 e. The van der Waals surface area contributed by atoms with Gasteiger partial charge in [0.1, 0.15) is 17.6 Å². The highest BCUT2D eigenvalue weighted by molar-refractivity contribution is 5.89. The molecule has 118 valence electrons. The molecule has 5 heteroatoms. The summed E-state index contributed by atoms with van der Waals surface area (Å²) in [6.45, 7) is 4.69. The van der Waals surface area contributed by atoms with E-state index < -0.39 is 0 Å². The Kier molecular flexibility index (Phi) is 5.59. The Morgan fingerprint density at radius 3 is 2.52 bits per heavy atom. The van der Waals surface area contributed by atoms with Crippen LogP contribution in [0.1, 0.15) is 19.4 Å². The van der Waals surface area contributed by atoms with E-state index in [1.165, 1.54) is 0 Å². The van der Waals surface area contributed by atoms with Gasteiger partial charge in [0.15, 0.2) is 0 Å². The molecule has 2 amide bonds. The number of ether oxygens (including phenoxy) is 1. The normalized spacial score (nSPS) is 10.0. The predicted molar refractivity (Wildman–Crippen MR) is 89.5 cm³/mol. The van der Waals surface area contributed by atoms with E-state index >= 15 is 0 Å². The third-order valence-electron chi connectivity index (χ3n) is 3.02. The average Bonchev–Trinajstić information content (AvgIpc) is 2.55. The SMILES string of the molecule is CC(C)CNC(=O)Nc1ccc(Oc2ccccc2C#N)cc1. The summed E-state index contributed by atoms with van der Waals surface area (Å²) in [6, 6.07) is 15.9. The lowest BCUT2D eigenvalue weighted by molar-refractivity contribution is 0.251. The molecule has 0 saturated carbocycles. The summed E-state index contributed by atoms with van der Waals surface area (Å²) in [5, 5.41) is 14.6. The number of amides is 2. The van der Waals surface area contributed by atoms with Crippen LogP contribution in [-0.2, 0) is 0 Å². The van der Waals surface area contributed by atoms with Crippen molar-refractivity contribution < 1.29 is 9.53 Å². The van der Waals surface area contributed by atoms with Gasteiger partial charge in [-0.1, -0.05) is 26.0 Å². The Hall–Kier alpha value is -3.00. The van der Waals surface area contributed by atoms with Crippen LogP contribution < -0.4 is 15.4 Å². The number of anilines is 1. The summed E-state index contributed by atoms with van der Waals surface area (Å²) in [4.78, 5) is 11.7. The van der Waals surface area contributed by atoms with Crippen molar-refractivity contribution in [1.82, 2.24) is 5.32 Å². The molecule has 0 aliphatic carbocycles. The predicted octanol–water partition coefficient (Wildman–Crippen LogP) is 4.13. The molecule has 0 aromatic heterocycles. The van der Waals surface area contributed by atoms with Crippen molar-refractivity contribution in [2.75, 3.05) is 11.9 Å². The molecule has 0 spiro atoms. The van der Waals surface area contributed by atoms with Gasteiger partial charge in [-0.05, 0) is 42.3 Å². The van der Waals surface area contributed by atoms with Gasteiger partial charge in [0.25, 0.3) is 0 Å². The monoisotopic (exact) mass is 309 g/mol. The minimum absolute atomic E-state index is 0.234. The standard InChI is InChI=1S/C18H19N3O2/c1-13(2)12-20-18(22)21-15-7-9-16(10-8-15)23-17-6-4-3-5-14(17)11-19/h3-10,13H,12H2,1-2H3,(H2,20,21,22). The van der Waals surface area contributed by atoms with E-state index in [0.29, 0.717) is 35.2 Å². The quantitative estimate of drug-likeness (QED) is 0.872. The maximum absolute atomic E-state index is 11.7. The molecule has 2 aromatic carbocycles. The smallest absolute Gasteiger partial charge is 0.319 e. The number of hydrogen-bond acceptors (Lipinski definition) is 3. The summed E-state index contributed by atoms with van der Waals surface area (Å²) in [5.74, 6) is 1.50. The number of rotatable bonds is 5. The highest BCUT2D eigenvalue weighted by atomic mass is 16.5. The van der Waals surface area contributed by atoms with Crippen molar-refractivity contribution in [1.29, 1.82) is 5.26 Å². The zero-order valence-electron chi connectivity index (χ0n) is 13.2. The van der Waals surface area contributed by atoms with Gasteiger partial charge in [0.05, 0.1) is 5.56 Å². The molecule has 2 rings (SSSR count). The molecule has 0 saturated heterocycles. The van der Waals surface area contributed by atoms with Crippen LogP contribution in [0.15, 0.2) is 48.5 Å². The van der Waals surface area contributed by atoms with E-state index in [1.54, 1.807) is 42.5 Å². The molecule has 0 fully saturated rings. The molecule has 2 aromatic rings. The number of carbonyl (C=O) groups excluding carboxylic acids is 1. The van der Waals surface area contributed by atoms with Crippen molar-refractivity contribution in [3.63, 3.8) is 0 Å². The summed E-state index contributed by atoms with van der Waals surface area (Å²) < 4.78 is 5.69. The molecular weight excluding hydrogens is 290 g/mol. The second-order valence-electron chi connectivity index (χ2n) is 5.46. The molecule has 0 aliphatic rings. The van der Waals surface area contributed by atoms with Crippen LogP contribution in [0, 0.1) is 17.2 Å². The van der Waals surface area contributed by atoms with Gasteiger partial charge in [-0.2, -0.15) is 5.26 Å². The minimum Gasteiger partial charge on any atom is -0.456 e. The Morgan fingerprint density at radius 1 is 1.17 bits per heavy atom. The third kappa shape index (κ3) is 5.04. The number of nitrogens with zero attached hydrogens (tertiary/aromatic N) is 1. The summed E-state index contributed by atoms with van der Waals surface area (Å²) in [5.41, 5.74) is 1.15. The Labute approximate surface area is 135 Å². The van der Waals surface area contributed by atoms with Crippen LogP contribution in [0.4, 0.5) is 10.5 Å². The number of nitrogens with one attached hydrogen (secondary N) is 2. The first-order valence-corrected chi connectivity index (χ1v) is 7.40. The zero-order chi connectivity index (χ0) is 16.7. The topological polar surface area (TPSA) is 74.2 Å². The van der Waals surface area contributed by atoms with Gasteiger partial charge in [-0.25, -0.2) is 4.79 Å². The summed E-state index contributed by atoms with van der Waals surface area (Å²) >= 11 is 0. The van der Waals surface area contributed by atoms with Gasteiger partial charge < -0.3 is 15.4 Å². The molecule has 0 heterocycles. The van der Waals surface area contributed by atoms with Gasteiger partial charge in [-0.3, -0.25) is 0 Å². The number of nitriles is 1. The molecule has 0 aliphatic heterocycles. The zero-order valence-corrected chi connectivity index (χ0v) is 13.2. The number of benzene rings is 2. The number of hydrogen-bond donors (Lipinski definition) is 2. The third-order valence-corrected chi connectivity index (χ3v) is 3.02. The molecule has 0 unspecified atom stereocenters.